The predicted molar refractivity (Wildman–Crippen MR) is 99.0 cm³/mol. The zero-order valence-electron chi connectivity index (χ0n) is 15.3. The molecule has 0 aliphatic rings. The molecule has 6 nitrogen and oxygen atoms in total. The van der Waals surface area contributed by atoms with Crippen LogP contribution in [0.1, 0.15) is 12.5 Å². The smallest absolute Gasteiger partial charge is 0.373 e. The number of carbonyl (C=O) groups is 1. The van der Waals surface area contributed by atoms with Crippen LogP contribution in [0.15, 0.2) is 47.4 Å². The molecule has 31 heavy (non-hydrogen) atoms. The Kier molecular flexibility index (Phi) is 6.55. The van der Waals surface area contributed by atoms with Gasteiger partial charge in [0.25, 0.3) is 15.9 Å². The number of sulfonamides is 1. The highest BCUT2D eigenvalue weighted by molar-refractivity contribution is 7.92. The van der Waals surface area contributed by atoms with Crippen molar-refractivity contribution in [2.45, 2.75) is 29.8 Å². The summed E-state index contributed by atoms with van der Waals surface area (Å²) < 4.78 is 103. The molecule has 0 unspecified atom stereocenters. The van der Waals surface area contributed by atoms with Gasteiger partial charge in [-0.3, -0.25) is 9.52 Å². The van der Waals surface area contributed by atoms with Crippen LogP contribution in [0.4, 0.5) is 37.7 Å². The highest BCUT2D eigenvalue weighted by Crippen LogP contribution is 2.34. The maximum Gasteiger partial charge on any atom is 0.426 e. The summed E-state index contributed by atoms with van der Waals surface area (Å²) in [5, 5.41) is 10.6. The summed E-state index contributed by atoms with van der Waals surface area (Å²) >= 11 is 5.81. The van der Waals surface area contributed by atoms with Crippen LogP contribution >= 0.6 is 11.6 Å². The number of aliphatic hydroxyl groups is 1. The molecule has 0 heterocycles. The summed E-state index contributed by atoms with van der Waals surface area (Å²) in [5.41, 5.74) is -5.68. The molecule has 0 saturated heterocycles. The van der Waals surface area contributed by atoms with Gasteiger partial charge in [0.2, 0.25) is 5.60 Å². The van der Waals surface area contributed by atoms with Crippen LogP contribution in [0, 0.1) is 0 Å². The van der Waals surface area contributed by atoms with E-state index in [9.17, 15) is 44.7 Å². The number of alkyl halides is 6. The Balaban J connectivity index is 2.27. The Labute approximate surface area is 176 Å². The lowest BCUT2D eigenvalue weighted by Gasteiger charge is -2.25. The van der Waals surface area contributed by atoms with Gasteiger partial charge in [-0.2, -0.15) is 26.3 Å². The van der Waals surface area contributed by atoms with Crippen LogP contribution in [0.3, 0.4) is 0 Å². The monoisotopic (exact) mass is 490 g/mol. The average molecular weight is 491 g/mol. The van der Waals surface area contributed by atoms with Crippen LogP contribution in [-0.4, -0.2) is 31.2 Å². The van der Waals surface area contributed by atoms with E-state index in [1.54, 1.807) is 5.32 Å². The van der Waals surface area contributed by atoms with Gasteiger partial charge in [-0.1, -0.05) is 17.7 Å². The van der Waals surface area contributed by atoms with Crippen molar-refractivity contribution in [3.63, 3.8) is 0 Å². The Hall–Kier alpha value is -2.51. The van der Waals surface area contributed by atoms with Crippen molar-refractivity contribution in [2.75, 3.05) is 10.0 Å². The standard InChI is InChI=1S/C17H13ClF6N2O4S/c1-15(28,17(22,23)24)14(27)25-13-6-5-11(8-12(13)18)31(29,30)26-10-4-2-3-9(7-10)16(19,20)21/h2-8,26,28H,1H3,(H,25,27)/t15-/m1/s1. The first kappa shape index (κ1) is 24.8. The van der Waals surface area contributed by atoms with Gasteiger partial charge in [0, 0.05) is 5.69 Å². The zero-order chi connectivity index (χ0) is 23.8. The molecule has 2 aromatic rings. The minimum absolute atomic E-state index is 0.216. The van der Waals surface area contributed by atoms with Crippen LogP contribution in [0.2, 0.25) is 5.02 Å². The second kappa shape index (κ2) is 8.20. The third-order valence-corrected chi connectivity index (χ3v) is 5.63. The maximum absolute atomic E-state index is 12.8. The Bertz CT molecular complexity index is 1100. The number of carbonyl (C=O) groups excluding carboxylic acids is 1. The van der Waals surface area contributed by atoms with Crippen molar-refractivity contribution < 1.29 is 44.7 Å². The topological polar surface area (TPSA) is 95.5 Å². The van der Waals surface area contributed by atoms with E-state index in [1.807, 2.05) is 4.72 Å². The van der Waals surface area contributed by atoms with Crippen molar-refractivity contribution in [1.82, 2.24) is 0 Å². The van der Waals surface area contributed by atoms with E-state index >= 15 is 0 Å². The lowest BCUT2D eigenvalue weighted by molar-refractivity contribution is -0.242. The van der Waals surface area contributed by atoms with Gasteiger partial charge in [-0.15, -0.1) is 0 Å². The minimum Gasteiger partial charge on any atom is -0.373 e. The van der Waals surface area contributed by atoms with Gasteiger partial charge in [-0.05, 0) is 43.3 Å². The number of rotatable bonds is 5. The van der Waals surface area contributed by atoms with Crippen LogP contribution < -0.4 is 10.0 Å². The van der Waals surface area contributed by atoms with E-state index < -0.39 is 60.7 Å². The van der Waals surface area contributed by atoms with Crippen molar-refractivity contribution in [3.05, 3.63) is 53.1 Å². The summed E-state index contributed by atoms with van der Waals surface area (Å²) in [7, 11) is -4.44. The summed E-state index contributed by atoms with van der Waals surface area (Å²) in [4.78, 5) is 11.2. The number of benzene rings is 2. The highest BCUT2D eigenvalue weighted by atomic mass is 35.5. The quantitative estimate of drug-likeness (QED) is 0.541. The van der Waals surface area contributed by atoms with Crippen LogP contribution in [-0.2, 0) is 21.0 Å². The fraction of sp³-hybridized carbons (Fsp3) is 0.235. The number of hydrogen-bond donors (Lipinski definition) is 3. The maximum atomic E-state index is 12.8. The number of hydrogen-bond acceptors (Lipinski definition) is 4. The van der Waals surface area contributed by atoms with Crippen molar-refractivity contribution in [1.29, 1.82) is 0 Å². The molecule has 0 aliphatic heterocycles. The second-order valence-electron chi connectivity index (χ2n) is 6.35. The van der Waals surface area contributed by atoms with Crippen molar-refractivity contribution in [2.24, 2.45) is 0 Å². The molecule has 2 aromatic carbocycles. The number of halogens is 7. The molecular formula is C17H13ClF6N2O4S. The third-order valence-electron chi connectivity index (χ3n) is 3.94. The number of nitrogens with one attached hydrogen (secondary N) is 2. The normalized spacial score (nSPS) is 14.6. The molecule has 2 rings (SSSR count). The molecular weight excluding hydrogens is 478 g/mol. The molecule has 0 aliphatic carbocycles. The van der Waals surface area contributed by atoms with Gasteiger partial charge in [0.05, 0.1) is 21.2 Å². The van der Waals surface area contributed by atoms with Gasteiger partial charge in [0.1, 0.15) is 0 Å². The molecule has 14 heteroatoms. The zero-order valence-corrected chi connectivity index (χ0v) is 16.8. The summed E-state index contributed by atoms with van der Waals surface area (Å²) in [6.45, 7) is 0.216. The first-order valence-corrected chi connectivity index (χ1v) is 9.91. The van der Waals surface area contributed by atoms with Crippen LogP contribution in [0.5, 0.6) is 0 Å². The Morgan fingerprint density at radius 3 is 2.16 bits per heavy atom. The summed E-state index contributed by atoms with van der Waals surface area (Å²) in [6, 6.07) is 5.82. The summed E-state index contributed by atoms with van der Waals surface area (Å²) in [5.74, 6) is -1.86. The number of anilines is 2. The molecule has 0 spiro atoms. The Morgan fingerprint density at radius 2 is 1.65 bits per heavy atom. The lowest BCUT2D eigenvalue weighted by atomic mass is 10.1. The molecule has 0 aromatic heterocycles. The van der Waals surface area contributed by atoms with E-state index in [2.05, 4.69) is 0 Å². The molecule has 1 atom stereocenters. The van der Waals surface area contributed by atoms with E-state index in [-0.39, 0.29) is 6.92 Å². The molecule has 0 saturated carbocycles. The lowest BCUT2D eigenvalue weighted by Crippen LogP contribution is -2.52. The van der Waals surface area contributed by atoms with Crippen molar-refractivity contribution in [3.8, 4) is 0 Å². The fourth-order valence-electron chi connectivity index (χ4n) is 2.11. The average Bonchev–Trinajstić information content (AvgIpc) is 2.61. The van der Waals surface area contributed by atoms with E-state index in [0.717, 1.165) is 36.4 Å². The molecule has 1 amide bonds. The van der Waals surface area contributed by atoms with E-state index in [1.165, 1.54) is 0 Å². The van der Waals surface area contributed by atoms with E-state index in [0.29, 0.717) is 6.07 Å². The van der Waals surface area contributed by atoms with Crippen molar-refractivity contribution >= 4 is 38.9 Å². The largest absolute Gasteiger partial charge is 0.426 e. The highest BCUT2D eigenvalue weighted by Gasteiger charge is 2.55. The molecule has 0 bridgehead atoms. The third kappa shape index (κ3) is 5.60. The predicted octanol–water partition coefficient (Wildman–Crippen LogP) is 4.41. The van der Waals surface area contributed by atoms with Gasteiger partial charge >= 0.3 is 12.4 Å². The van der Waals surface area contributed by atoms with Gasteiger partial charge < -0.3 is 10.4 Å². The molecule has 0 fully saturated rings. The van der Waals surface area contributed by atoms with Gasteiger partial charge in [-0.25, -0.2) is 8.42 Å². The molecule has 0 radical (unpaired) electrons. The molecule has 3 N–H and O–H groups in total. The van der Waals surface area contributed by atoms with E-state index in [4.69, 9.17) is 11.6 Å². The second-order valence-corrected chi connectivity index (χ2v) is 8.44. The first-order valence-electron chi connectivity index (χ1n) is 8.05. The fourth-order valence-corrected chi connectivity index (χ4v) is 3.48. The minimum atomic E-state index is -5.29. The van der Waals surface area contributed by atoms with Crippen LogP contribution in [0.25, 0.3) is 0 Å². The van der Waals surface area contributed by atoms with Gasteiger partial charge in [0.15, 0.2) is 0 Å². The summed E-state index contributed by atoms with van der Waals surface area (Å²) in [6.07, 6.45) is -10.00. The first-order chi connectivity index (χ1) is 13.9. The number of amides is 1. The SMILES string of the molecule is C[C@@](O)(C(=O)Nc1ccc(S(=O)(=O)Nc2cccc(C(F)(F)F)c2)cc1Cl)C(F)(F)F. The Morgan fingerprint density at radius 1 is 1.03 bits per heavy atom. The molecule has 170 valence electrons.